The van der Waals surface area contributed by atoms with E-state index in [1.54, 1.807) is 18.3 Å². The molecular weight excluding hydrogens is 328 g/mol. The lowest BCUT2D eigenvalue weighted by atomic mass is 9.90. The number of thioether (sulfide) groups is 1. The van der Waals surface area contributed by atoms with Gasteiger partial charge in [0.2, 0.25) is 0 Å². The van der Waals surface area contributed by atoms with Crippen molar-refractivity contribution in [3.63, 3.8) is 0 Å². The summed E-state index contributed by atoms with van der Waals surface area (Å²) in [5, 5.41) is 20.0. The van der Waals surface area contributed by atoms with Crippen molar-refractivity contribution in [3.05, 3.63) is 24.0 Å². The molecule has 2 atom stereocenters. The molecule has 1 aromatic rings. The number of carbonyl (C=O) groups is 1. The van der Waals surface area contributed by atoms with E-state index in [0.29, 0.717) is 23.8 Å². The Bertz CT molecular complexity index is 553. The molecule has 1 fully saturated rings. The minimum Gasteiger partial charge on any atom is -0.493 e. The lowest BCUT2D eigenvalue weighted by molar-refractivity contribution is -0.160. The van der Waals surface area contributed by atoms with E-state index in [2.05, 4.69) is 4.98 Å². The second kappa shape index (κ2) is 8.69. The van der Waals surface area contributed by atoms with E-state index in [-0.39, 0.29) is 6.42 Å². The fourth-order valence-electron chi connectivity index (χ4n) is 2.42. The van der Waals surface area contributed by atoms with Crippen LogP contribution in [-0.4, -0.2) is 50.9 Å². The molecule has 24 heavy (non-hydrogen) atoms. The molecule has 0 unspecified atom stereocenters. The Labute approximate surface area is 146 Å². The average molecular weight is 354 g/mol. The summed E-state index contributed by atoms with van der Waals surface area (Å²) >= 11 is 1.50. The summed E-state index contributed by atoms with van der Waals surface area (Å²) in [6, 6.07) is 2.55. The van der Waals surface area contributed by atoms with Crippen molar-refractivity contribution in [2.45, 2.75) is 44.2 Å². The Hall–Kier alpha value is -1.31. The highest BCUT2D eigenvalue weighted by Crippen LogP contribution is 2.32. The van der Waals surface area contributed by atoms with Gasteiger partial charge in [-0.25, -0.2) is 4.79 Å². The molecule has 6 nitrogen and oxygen atoms in total. The molecule has 0 saturated heterocycles. The van der Waals surface area contributed by atoms with Crippen LogP contribution in [0.3, 0.4) is 0 Å². The van der Waals surface area contributed by atoms with Gasteiger partial charge < -0.3 is 20.7 Å². The molecule has 0 radical (unpaired) electrons. The molecule has 0 spiro atoms. The molecule has 1 aromatic heterocycles. The zero-order chi connectivity index (χ0) is 17.6. The number of carboxylic acids is 1. The normalized spacial score (nSPS) is 18.0. The lowest BCUT2D eigenvalue weighted by Gasteiger charge is -2.29. The van der Waals surface area contributed by atoms with Gasteiger partial charge in [0.1, 0.15) is 5.75 Å². The highest BCUT2D eigenvalue weighted by Gasteiger charge is 2.42. The van der Waals surface area contributed by atoms with E-state index < -0.39 is 17.6 Å². The average Bonchev–Trinajstić information content (AvgIpc) is 3.37. The molecule has 2 rings (SSSR count). The Morgan fingerprint density at radius 2 is 2.33 bits per heavy atom. The van der Waals surface area contributed by atoms with Crippen molar-refractivity contribution in [1.82, 2.24) is 4.98 Å². The third-order valence-electron chi connectivity index (χ3n) is 4.22. The third kappa shape index (κ3) is 5.36. The number of aliphatic carboxylic acids is 1. The molecule has 0 aromatic carbocycles. The summed E-state index contributed by atoms with van der Waals surface area (Å²) < 4.78 is 5.69. The van der Waals surface area contributed by atoms with E-state index in [9.17, 15) is 15.0 Å². The van der Waals surface area contributed by atoms with Crippen LogP contribution in [0.5, 0.6) is 5.75 Å². The molecule has 0 bridgehead atoms. The predicted molar refractivity (Wildman–Crippen MR) is 94.3 cm³/mol. The van der Waals surface area contributed by atoms with Gasteiger partial charge in [-0.05, 0) is 24.2 Å². The van der Waals surface area contributed by atoms with Gasteiger partial charge in [0.15, 0.2) is 5.60 Å². The smallest absolute Gasteiger partial charge is 0.337 e. The first-order valence-electron chi connectivity index (χ1n) is 8.32. The van der Waals surface area contributed by atoms with Gasteiger partial charge in [0, 0.05) is 30.1 Å². The van der Waals surface area contributed by atoms with Crippen LogP contribution in [0, 0.1) is 5.92 Å². The van der Waals surface area contributed by atoms with Crippen LogP contribution in [0.1, 0.15) is 31.9 Å². The minimum absolute atomic E-state index is 0.145. The van der Waals surface area contributed by atoms with Gasteiger partial charge in [-0.15, -0.1) is 0 Å². The first kappa shape index (κ1) is 19.0. The summed E-state index contributed by atoms with van der Waals surface area (Å²) in [5.74, 6) is 1.29. The first-order valence-corrected chi connectivity index (χ1v) is 9.48. The quantitative estimate of drug-likeness (QED) is 0.555. The van der Waals surface area contributed by atoms with Crippen LogP contribution in [0.2, 0.25) is 0 Å². The van der Waals surface area contributed by atoms with Crippen LogP contribution in [-0.2, 0) is 11.2 Å². The van der Waals surface area contributed by atoms with E-state index >= 15 is 0 Å². The molecule has 134 valence electrons. The summed E-state index contributed by atoms with van der Waals surface area (Å²) in [4.78, 5) is 15.7. The highest BCUT2D eigenvalue weighted by molar-refractivity contribution is 7.99. The highest BCUT2D eigenvalue weighted by atomic mass is 32.2. The molecule has 1 heterocycles. The summed E-state index contributed by atoms with van der Waals surface area (Å²) in [5.41, 5.74) is 4.35. The second-order valence-corrected chi connectivity index (χ2v) is 7.55. The number of aromatic nitrogens is 1. The number of nitrogens with two attached hydrogens (primary N) is 1. The number of nitrogens with zero attached hydrogens (tertiary/aromatic N) is 1. The third-order valence-corrected chi connectivity index (χ3v) is 5.22. The molecule has 1 aliphatic carbocycles. The van der Waals surface area contributed by atoms with Gasteiger partial charge in [-0.1, -0.05) is 19.8 Å². The van der Waals surface area contributed by atoms with Gasteiger partial charge in [0.05, 0.1) is 12.6 Å². The molecule has 1 saturated carbocycles. The van der Waals surface area contributed by atoms with Crippen molar-refractivity contribution in [2.24, 2.45) is 11.7 Å². The summed E-state index contributed by atoms with van der Waals surface area (Å²) in [7, 11) is 0. The van der Waals surface area contributed by atoms with E-state index in [1.165, 1.54) is 24.6 Å². The number of aliphatic hydroxyl groups is 1. The number of pyridine rings is 1. The van der Waals surface area contributed by atoms with Gasteiger partial charge >= 0.3 is 5.97 Å². The maximum absolute atomic E-state index is 11.6. The fraction of sp³-hybridized carbons (Fsp3) is 0.647. The van der Waals surface area contributed by atoms with Crippen molar-refractivity contribution < 1.29 is 19.7 Å². The Morgan fingerprint density at radius 1 is 1.58 bits per heavy atom. The first-order chi connectivity index (χ1) is 11.5. The molecule has 4 N–H and O–H groups in total. The Kier molecular flexibility index (Phi) is 6.89. The number of hydrogen-bond donors (Lipinski definition) is 3. The zero-order valence-corrected chi connectivity index (χ0v) is 14.8. The van der Waals surface area contributed by atoms with E-state index in [1.807, 2.05) is 6.92 Å². The van der Waals surface area contributed by atoms with Gasteiger partial charge in [-0.2, -0.15) is 11.8 Å². The van der Waals surface area contributed by atoms with Crippen LogP contribution in [0.4, 0.5) is 0 Å². The van der Waals surface area contributed by atoms with Crippen molar-refractivity contribution in [3.8, 4) is 5.75 Å². The molecule has 0 aliphatic heterocycles. The standard InChI is InChI=1S/C17H26N2O4S/c1-2-24-11-15(18)17(22,16(20)21)10-13-9-14(5-7-19-13)23-8-6-12-3-4-12/h5,7,9,12,15,22H,2-4,6,8,10-11,18H2,1H3,(H,20,21)/t15-,17+/m0/s1. The molecule has 0 amide bonds. The number of hydrogen-bond acceptors (Lipinski definition) is 6. The van der Waals surface area contributed by atoms with Crippen LogP contribution in [0.15, 0.2) is 18.3 Å². The number of ether oxygens (including phenoxy) is 1. The SMILES string of the molecule is CCSC[C@H](N)[C@](O)(Cc1cc(OCCC2CC2)ccn1)C(=O)O. The van der Waals surface area contributed by atoms with E-state index in [4.69, 9.17) is 10.5 Å². The van der Waals surface area contributed by atoms with Crippen LogP contribution in [0.25, 0.3) is 0 Å². The second-order valence-electron chi connectivity index (χ2n) is 6.24. The maximum atomic E-state index is 11.6. The Morgan fingerprint density at radius 3 is 2.96 bits per heavy atom. The topological polar surface area (TPSA) is 106 Å². The largest absolute Gasteiger partial charge is 0.493 e. The van der Waals surface area contributed by atoms with Crippen LogP contribution < -0.4 is 10.5 Å². The number of carboxylic acid groups (broad SMARTS) is 1. The van der Waals surface area contributed by atoms with E-state index in [0.717, 1.165) is 18.1 Å². The molecule has 1 aliphatic rings. The van der Waals surface area contributed by atoms with Crippen molar-refractivity contribution in [1.29, 1.82) is 0 Å². The number of rotatable bonds is 11. The summed E-state index contributed by atoms with van der Waals surface area (Å²) in [6.45, 7) is 2.60. The predicted octanol–water partition coefficient (Wildman–Crippen LogP) is 1.70. The monoisotopic (exact) mass is 354 g/mol. The lowest BCUT2D eigenvalue weighted by Crippen LogP contribution is -2.57. The molecular formula is C17H26N2O4S. The minimum atomic E-state index is -2.04. The van der Waals surface area contributed by atoms with Gasteiger partial charge in [0.25, 0.3) is 0 Å². The van der Waals surface area contributed by atoms with Gasteiger partial charge in [-0.3, -0.25) is 4.98 Å². The van der Waals surface area contributed by atoms with Crippen molar-refractivity contribution in [2.75, 3.05) is 18.1 Å². The fourth-order valence-corrected chi connectivity index (χ4v) is 3.18. The Balaban J connectivity index is 2.00. The van der Waals surface area contributed by atoms with Crippen molar-refractivity contribution >= 4 is 17.7 Å². The zero-order valence-electron chi connectivity index (χ0n) is 14.0. The maximum Gasteiger partial charge on any atom is 0.337 e. The van der Waals surface area contributed by atoms with Crippen LogP contribution >= 0.6 is 11.8 Å². The molecule has 7 heteroatoms. The summed E-state index contributed by atoms with van der Waals surface area (Å²) in [6.07, 6.45) is 5.02.